The minimum absolute atomic E-state index is 0.0601. The van der Waals surface area contributed by atoms with Gasteiger partial charge in [-0.1, -0.05) is 41.4 Å². The maximum Gasteiger partial charge on any atom is 0.234 e. The van der Waals surface area contributed by atoms with Crippen LogP contribution in [0.1, 0.15) is 45.2 Å². The number of benzene rings is 1. The van der Waals surface area contributed by atoms with E-state index in [1.165, 1.54) is 5.56 Å². The normalized spacial score (nSPS) is 13.9. The lowest BCUT2D eigenvalue weighted by molar-refractivity contribution is -0.121. The van der Waals surface area contributed by atoms with Crippen LogP contribution in [0.3, 0.4) is 0 Å². The van der Waals surface area contributed by atoms with Crippen LogP contribution < -0.4 is 10.6 Å². The minimum atomic E-state index is 0.0601. The highest BCUT2D eigenvalue weighted by molar-refractivity contribution is 9.10. The van der Waals surface area contributed by atoms with E-state index in [1.807, 2.05) is 19.1 Å². The van der Waals surface area contributed by atoms with Crippen molar-refractivity contribution in [1.29, 1.82) is 0 Å². The Bertz CT molecular complexity index is 392. The topological polar surface area (TPSA) is 41.1 Å². The molecule has 106 valence electrons. The fourth-order valence-corrected chi connectivity index (χ4v) is 2.21. The maximum atomic E-state index is 11.7. The van der Waals surface area contributed by atoms with Crippen molar-refractivity contribution in [3.05, 3.63) is 34.3 Å². The van der Waals surface area contributed by atoms with Gasteiger partial charge in [-0.15, -0.1) is 0 Å². The molecule has 2 N–H and O–H groups in total. The Hall–Kier alpha value is -0.870. The summed E-state index contributed by atoms with van der Waals surface area (Å²) in [6, 6.07) is 8.55. The zero-order valence-electron chi connectivity index (χ0n) is 11.9. The van der Waals surface area contributed by atoms with Crippen LogP contribution in [0, 0.1) is 0 Å². The highest BCUT2D eigenvalue weighted by Gasteiger charge is 2.09. The second-order valence-corrected chi connectivity index (χ2v) is 5.83. The standard InChI is InChI=1S/C15H23BrN2O/c1-4-5-11(2)18-15(19)10-17-12(3)13-6-8-14(16)9-7-13/h6-9,11-12,17H,4-5,10H2,1-3H3,(H,18,19)/t11?,12-/m0/s1. The van der Waals surface area contributed by atoms with E-state index in [9.17, 15) is 4.79 Å². The highest BCUT2D eigenvalue weighted by Crippen LogP contribution is 2.16. The molecule has 0 saturated heterocycles. The van der Waals surface area contributed by atoms with Crippen molar-refractivity contribution in [2.45, 2.75) is 45.7 Å². The molecule has 0 spiro atoms. The van der Waals surface area contributed by atoms with Gasteiger partial charge in [0.1, 0.15) is 0 Å². The van der Waals surface area contributed by atoms with Gasteiger partial charge in [-0.3, -0.25) is 4.79 Å². The average Bonchev–Trinajstić information content (AvgIpc) is 2.37. The molecule has 4 heteroatoms. The summed E-state index contributed by atoms with van der Waals surface area (Å²) in [4.78, 5) is 11.7. The number of halogens is 1. The SMILES string of the molecule is CCCC(C)NC(=O)CN[C@@H](C)c1ccc(Br)cc1. The number of nitrogens with one attached hydrogen (secondary N) is 2. The fourth-order valence-electron chi connectivity index (χ4n) is 1.95. The summed E-state index contributed by atoms with van der Waals surface area (Å²) in [5, 5.41) is 6.23. The smallest absolute Gasteiger partial charge is 0.234 e. The minimum Gasteiger partial charge on any atom is -0.353 e. The lowest BCUT2D eigenvalue weighted by atomic mass is 10.1. The van der Waals surface area contributed by atoms with Crippen LogP contribution in [0.15, 0.2) is 28.7 Å². The fraction of sp³-hybridized carbons (Fsp3) is 0.533. The molecule has 2 atom stereocenters. The van der Waals surface area contributed by atoms with Crippen molar-refractivity contribution in [3.8, 4) is 0 Å². The Morgan fingerprint density at radius 2 is 1.89 bits per heavy atom. The first-order valence-electron chi connectivity index (χ1n) is 6.81. The first-order chi connectivity index (χ1) is 9.02. The number of carbonyl (C=O) groups is 1. The van der Waals surface area contributed by atoms with Gasteiger partial charge in [-0.25, -0.2) is 0 Å². The first kappa shape index (κ1) is 16.2. The lowest BCUT2D eigenvalue weighted by Crippen LogP contribution is -2.39. The molecule has 0 aromatic heterocycles. The monoisotopic (exact) mass is 326 g/mol. The van der Waals surface area contributed by atoms with Crippen molar-refractivity contribution < 1.29 is 4.79 Å². The van der Waals surface area contributed by atoms with Gasteiger partial charge in [-0.2, -0.15) is 0 Å². The number of carbonyl (C=O) groups excluding carboxylic acids is 1. The van der Waals surface area contributed by atoms with Crippen molar-refractivity contribution in [2.75, 3.05) is 6.54 Å². The quantitative estimate of drug-likeness (QED) is 0.806. The Kier molecular flexibility index (Phi) is 7.10. The molecule has 0 bridgehead atoms. The van der Waals surface area contributed by atoms with Crippen LogP contribution in [0.5, 0.6) is 0 Å². The first-order valence-corrected chi connectivity index (χ1v) is 7.60. The molecule has 1 unspecified atom stereocenters. The predicted molar refractivity (Wildman–Crippen MR) is 83.1 cm³/mol. The molecule has 1 amide bonds. The third-order valence-corrected chi connectivity index (χ3v) is 3.60. The molecule has 1 aromatic rings. The molecule has 1 aromatic carbocycles. The average molecular weight is 327 g/mol. The maximum absolute atomic E-state index is 11.7. The summed E-state index contributed by atoms with van der Waals surface area (Å²) in [6.45, 7) is 6.58. The summed E-state index contributed by atoms with van der Waals surface area (Å²) < 4.78 is 1.06. The molecule has 0 aliphatic carbocycles. The number of hydrogen-bond donors (Lipinski definition) is 2. The van der Waals surface area contributed by atoms with Gasteiger partial charge < -0.3 is 10.6 Å². The van der Waals surface area contributed by atoms with Crippen LogP contribution in [-0.4, -0.2) is 18.5 Å². The molecule has 0 radical (unpaired) electrons. The largest absolute Gasteiger partial charge is 0.353 e. The predicted octanol–water partition coefficient (Wildman–Crippen LogP) is 3.40. The zero-order chi connectivity index (χ0) is 14.3. The van der Waals surface area contributed by atoms with E-state index in [1.54, 1.807) is 0 Å². The van der Waals surface area contributed by atoms with Crippen LogP contribution >= 0.6 is 15.9 Å². The Morgan fingerprint density at radius 1 is 1.26 bits per heavy atom. The van der Waals surface area contributed by atoms with Gasteiger partial charge in [0.05, 0.1) is 6.54 Å². The molecular formula is C15H23BrN2O. The molecule has 1 rings (SSSR count). The molecule has 0 fully saturated rings. The molecule has 0 aliphatic heterocycles. The van der Waals surface area contributed by atoms with E-state index in [-0.39, 0.29) is 18.0 Å². The van der Waals surface area contributed by atoms with Gasteiger partial charge in [0.15, 0.2) is 0 Å². The molecule has 19 heavy (non-hydrogen) atoms. The third kappa shape index (κ3) is 6.21. The van der Waals surface area contributed by atoms with Gasteiger partial charge >= 0.3 is 0 Å². The van der Waals surface area contributed by atoms with Crippen molar-refractivity contribution in [3.63, 3.8) is 0 Å². The molecular weight excluding hydrogens is 304 g/mol. The highest BCUT2D eigenvalue weighted by atomic mass is 79.9. The van der Waals surface area contributed by atoms with E-state index in [2.05, 4.69) is 52.5 Å². The second kappa shape index (κ2) is 8.33. The Labute approximate surface area is 124 Å². The van der Waals surface area contributed by atoms with Gasteiger partial charge in [0.2, 0.25) is 5.91 Å². The summed E-state index contributed by atoms with van der Waals surface area (Å²) in [5.74, 6) is 0.0601. The summed E-state index contributed by atoms with van der Waals surface area (Å²) in [6.07, 6.45) is 2.11. The van der Waals surface area contributed by atoms with Crippen molar-refractivity contribution in [2.24, 2.45) is 0 Å². The Morgan fingerprint density at radius 3 is 2.47 bits per heavy atom. The van der Waals surface area contributed by atoms with E-state index >= 15 is 0 Å². The number of rotatable bonds is 7. The third-order valence-electron chi connectivity index (χ3n) is 3.07. The van der Waals surface area contributed by atoms with E-state index in [4.69, 9.17) is 0 Å². The van der Waals surface area contributed by atoms with Crippen LogP contribution in [0.4, 0.5) is 0 Å². The van der Waals surface area contributed by atoms with Crippen LogP contribution in [0.2, 0.25) is 0 Å². The molecule has 0 heterocycles. The van der Waals surface area contributed by atoms with Crippen LogP contribution in [-0.2, 0) is 4.79 Å². The number of hydrogen-bond acceptors (Lipinski definition) is 2. The van der Waals surface area contributed by atoms with Gasteiger partial charge in [0, 0.05) is 16.6 Å². The van der Waals surface area contributed by atoms with Gasteiger partial charge in [-0.05, 0) is 38.0 Å². The zero-order valence-corrected chi connectivity index (χ0v) is 13.5. The summed E-state index contributed by atoms with van der Waals surface area (Å²) in [5.41, 5.74) is 1.18. The molecule has 3 nitrogen and oxygen atoms in total. The second-order valence-electron chi connectivity index (χ2n) is 4.91. The van der Waals surface area contributed by atoms with Gasteiger partial charge in [0.25, 0.3) is 0 Å². The molecule has 0 saturated carbocycles. The van der Waals surface area contributed by atoms with E-state index in [0.29, 0.717) is 6.54 Å². The Balaban J connectivity index is 2.35. The van der Waals surface area contributed by atoms with Crippen LogP contribution in [0.25, 0.3) is 0 Å². The number of amides is 1. The summed E-state index contributed by atoms with van der Waals surface area (Å²) >= 11 is 3.41. The van der Waals surface area contributed by atoms with E-state index in [0.717, 1.165) is 17.3 Å². The van der Waals surface area contributed by atoms with Crippen molar-refractivity contribution in [1.82, 2.24) is 10.6 Å². The molecule has 0 aliphatic rings. The van der Waals surface area contributed by atoms with Crippen molar-refractivity contribution >= 4 is 21.8 Å². The summed E-state index contributed by atoms with van der Waals surface area (Å²) in [7, 11) is 0. The lowest BCUT2D eigenvalue weighted by Gasteiger charge is -2.16. The van der Waals surface area contributed by atoms with E-state index < -0.39 is 0 Å².